The zero-order valence-corrected chi connectivity index (χ0v) is 13.3. The van der Waals surface area contributed by atoms with Crippen LogP contribution >= 0.6 is 22.6 Å². The van der Waals surface area contributed by atoms with Gasteiger partial charge in [-0.15, -0.1) is 0 Å². The molecule has 8 nitrogen and oxygen atoms in total. The molecular formula is C13H10IN4O4+. The third-order valence-electron chi connectivity index (χ3n) is 3.66. The van der Waals surface area contributed by atoms with E-state index >= 15 is 0 Å². The van der Waals surface area contributed by atoms with Gasteiger partial charge >= 0.3 is 0 Å². The Kier molecular flexibility index (Phi) is 3.51. The van der Waals surface area contributed by atoms with Gasteiger partial charge in [0.15, 0.2) is 0 Å². The van der Waals surface area contributed by atoms with Gasteiger partial charge in [-0.25, -0.2) is 0 Å². The summed E-state index contributed by atoms with van der Waals surface area (Å²) in [6.45, 7) is 0. The molecule has 2 aliphatic heterocycles. The van der Waals surface area contributed by atoms with E-state index in [2.05, 4.69) is 10.4 Å². The molecule has 2 heterocycles. The van der Waals surface area contributed by atoms with E-state index in [0.29, 0.717) is 3.57 Å². The minimum absolute atomic E-state index is 0.0784. The van der Waals surface area contributed by atoms with Gasteiger partial charge in [0.2, 0.25) is 11.8 Å². The highest BCUT2D eigenvalue weighted by Gasteiger charge is 2.46. The lowest BCUT2D eigenvalue weighted by Crippen LogP contribution is -2.54. The molecule has 0 aromatic heterocycles. The van der Waals surface area contributed by atoms with Crippen LogP contribution in [0.5, 0.6) is 0 Å². The molecule has 0 aliphatic carbocycles. The van der Waals surface area contributed by atoms with Crippen LogP contribution in [0.3, 0.4) is 0 Å². The normalized spacial score (nSPS) is 21.0. The van der Waals surface area contributed by atoms with Gasteiger partial charge in [-0.2, -0.15) is 5.53 Å². The predicted molar refractivity (Wildman–Crippen MR) is 79.8 cm³/mol. The van der Waals surface area contributed by atoms with Gasteiger partial charge in [-0.05, 0) is 46.3 Å². The number of nitrogens with one attached hydrogen (secondary N) is 1. The number of carbonyl (C=O) groups excluding carboxylic acids is 4. The molecule has 1 aromatic rings. The lowest BCUT2D eigenvalue weighted by molar-refractivity contribution is -0.210. The number of hydrogen-bond acceptors (Lipinski definition) is 5. The number of amides is 4. The molecule has 1 saturated heterocycles. The Morgan fingerprint density at radius 1 is 1.18 bits per heavy atom. The van der Waals surface area contributed by atoms with Crippen molar-refractivity contribution < 1.29 is 24.7 Å². The third kappa shape index (κ3) is 2.03. The Morgan fingerprint density at radius 3 is 2.50 bits per heavy atom. The maximum Gasteiger partial charge on any atom is 0.264 e. The molecule has 3 N–H and O–H groups in total. The third-order valence-corrected chi connectivity index (χ3v) is 4.56. The number of fused-ring (bicyclic) bond motifs is 1. The van der Waals surface area contributed by atoms with Gasteiger partial charge in [0.05, 0.1) is 11.1 Å². The average molecular weight is 413 g/mol. The number of imide groups is 2. The number of piperidine rings is 1. The van der Waals surface area contributed by atoms with E-state index < -0.39 is 29.7 Å². The first-order valence-electron chi connectivity index (χ1n) is 6.40. The first-order valence-corrected chi connectivity index (χ1v) is 7.48. The molecule has 0 bridgehead atoms. The zero-order chi connectivity index (χ0) is 16.0. The van der Waals surface area contributed by atoms with Crippen molar-refractivity contribution in [3.8, 4) is 0 Å². The quantitative estimate of drug-likeness (QED) is 0.387. The van der Waals surface area contributed by atoms with Crippen molar-refractivity contribution in [2.75, 3.05) is 0 Å². The number of nitrogens with two attached hydrogens (primary N) is 1. The molecular weight excluding hydrogens is 403 g/mol. The maximum atomic E-state index is 12.6. The molecule has 1 atom stereocenters. The van der Waals surface area contributed by atoms with Crippen molar-refractivity contribution in [2.45, 2.75) is 18.9 Å². The summed E-state index contributed by atoms with van der Waals surface area (Å²) >= 11 is 1.94. The molecule has 4 amide bonds. The number of carbonyl (C=O) groups is 4. The highest BCUT2D eigenvalue weighted by atomic mass is 127. The Labute approximate surface area is 137 Å². The average Bonchev–Trinajstić information content (AvgIpc) is 2.73. The molecule has 0 radical (unpaired) electrons. The van der Waals surface area contributed by atoms with E-state index in [0.717, 1.165) is 4.90 Å². The predicted octanol–water partition coefficient (Wildman–Crippen LogP) is -0.465. The molecule has 1 aromatic carbocycles. The molecule has 0 saturated carbocycles. The highest BCUT2D eigenvalue weighted by molar-refractivity contribution is 14.1. The molecule has 3 rings (SSSR count). The number of benzene rings is 1. The standard InChI is InChI=1S/C13H9IN4O4/c14-5-1-2-6(17-15)10-9(5)12(21)18(13(10)22)7-3-4-8(19)16-11(7)20/h1-2,7,15H,3-4H2,(H,16,19,20)/p+1. The molecule has 0 spiro atoms. The van der Waals surface area contributed by atoms with Crippen LogP contribution in [0, 0.1) is 3.57 Å². The van der Waals surface area contributed by atoms with Gasteiger partial charge in [0.25, 0.3) is 11.8 Å². The second-order valence-electron chi connectivity index (χ2n) is 4.89. The Hall–Kier alpha value is -2.17. The highest BCUT2D eigenvalue weighted by Crippen LogP contribution is 2.35. The summed E-state index contributed by atoms with van der Waals surface area (Å²) in [7, 11) is 0. The second kappa shape index (κ2) is 5.23. The summed E-state index contributed by atoms with van der Waals surface area (Å²) in [6, 6.07) is 2.18. The van der Waals surface area contributed by atoms with Gasteiger partial charge < -0.3 is 0 Å². The number of rotatable bonds is 2. The second-order valence-corrected chi connectivity index (χ2v) is 6.06. The van der Waals surface area contributed by atoms with Gasteiger partial charge in [0.1, 0.15) is 11.7 Å². The Bertz CT molecular complexity index is 761. The van der Waals surface area contributed by atoms with Gasteiger partial charge in [0, 0.05) is 9.99 Å². The summed E-state index contributed by atoms with van der Waals surface area (Å²) in [5, 5.41) is 5.66. The lowest BCUT2D eigenvalue weighted by Gasteiger charge is -2.27. The number of halogens is 1. The Balaban J connectivity index is 2.07. The van der Waals surface area contributed by atoms with Crippen LogP contribution in [-0.4, -0.2) is 34.6 Å². The van der Waals surface area contributed by atoms with Crippen LogP contribution in [0.1, 0.15) is 33.6 Å². The van der Waals surface area contributed by atoms with E-state index in [1.807, 2.05) is 22.6 Å². The summed E-state index contributed by atoms with van der Waals surface area (Å²) in [5.74, 6) is -2.24. The molecule has 22 heavy (non-hydrogen) atoms. The monoisotopic (exact) mass is 413 g/mol. The smallest absolute Gasteiger partial charge is 0.264 e. The first kappa shape index (κ1) is 14.8. The van der Waals surface area contributed by atoms with Crippen molar-refractivity contribution in [2.24, 2.45) is 5.11 Å². The zero-order valence-electron chi connectivity index (χ0n) is 11.1. The lowest BCUT2D eigenvalue weighted by atomic mass is 10.0. The summed E-state index contributed by atoms with van der Waals surface area (Å²) in [6.07, 6.45) is 0.191. The minimum Gasteiger partial charge on any atom is -0.295 e. The van der Waals surface area contributed by atoms with Crippen LogP contribution in [-0.2, 0) is 9.59 Å². The molecule has 1 fully saturated rings. The summed E-state index contributed by atoms with van der Waals surface area (Å²) in [4.78, 5) is 49.2. The minimum atomic E-state index is -0.994. The van der Waals surface area contributed by atoms with E-state index in [-0.39, 0.29) is 29.7 Å². The van der Waals surface area contributed by atoms with Crippen LogP contribution < -0.4 is 10.8 Å². The molecule has 2 aliphatic rings. The summed E-state index contributed by atoms with van der Waals surface area (Å²) in [5.41, 5.74) is 5.76. The van der Waals surface area contributed by atoms with E-state index in [9.17, 15) is 19.2 Å². The van der Waals surface area contributed by atoms with Crippen LogP contribution in [0.2, 0.25) is 0 Å². The topological polar surface area (TPSA) is 122 Å². The fourth-order valence-corrected chi connectivity index (χ4v) is 3.32. The van der Waals surface area contributed by atoms with E-state index in [4.69, 9.17) is 5.53 Å². The maximum absolute atomic E-state index is 12.6. The van der Waals surface area contributed by atoms with Crippen molar-refractivity contribution >= 4 is 51.9 Å². The fraction of sp³-hybridized carbons (Fsp3) is 0.231. The van der Waals surface area contributed by atoms with E-state index in [1.165, 1.54) is 0 Å². The van der Waals surface area contributed by atoms with Crippen LogP contribution in [0.15, 0.2) is 17.2 Å². The van der Waals surface area contributed by atoms with Gasteiger partial charge in [-0.1, -0.05) is 0 Å². The van der Waals surface area contributed by atoms with E-state index in [1.54, 1.807) is 12.1 Å². The molecule has 1 unspecified atom stereocenters. The Morgan fingerprint density at radius 2 is 1.86 bits per heavy atom. The molecule has 9 heteroatoms. The number of hydrogen-bond donors (Lipinski definition) is 2. The first-order chi connectivity index (χ1) is 10.5. The number of nitrogens with zero attached hydrogens (tertiary/aromatic N) is 2. The van der Waals surface area contributed by atoms with Crippen LogP contribution in [0.4, 0.5) is 5.69 Å². The molecule has 112 valence electrons. The van der Waals surface area contributed by atoms with Crippen molar-refractivity contribution in [3.05, 3.63) is 26.8 Å². The summed E-state index contributed by atoms with van der Waals surface area (Å²) < 4.78 is 0.577. The van der Waals surface area contributed by atoms with Crippen LogP contribution in [0.25, 0.3) is 0 Å². The van der Waals surface area contributed by atoms with Crippen molar-refractivity contribution in [1.82, 2.24) is 10.2 Å². The van der Waals surface area contributed by atoms with Crippen molar-refractivity contribution in [3.63, 3.8) is 0 Å². The van der Waals surface area contributed by atoms with Crippen molar-refractivity contribution in [1.29, 1.82) is 0 Å². The fourth-order valence-electron chi connectivity index (χ4n) is 2.64. The largest absolute Gasteiger partial charge is 0.295 e. The SMILES string of the molecule is [NH2+]=Nc1ccc(I)c2c1C(=O)N(C1CCC(=O)NC1=O)C2=O. The van der Waals surface area contributed by atoms with Gasteiger partial charge in [-0.3, -0.25) is 29.4 Å².